The summed E-state index contributed by atoms with van der Waals surface area (Å²) in [6.45, 7) is 0. The van der Waals surface area contributed by atoms with E-state index in [0.717, 1.165) is 12.8 Å². The van der Waals surface area contributed by atoms with Gasteiger partial charge in [0.1, 0.15) is 0 Å². The Hall–Kier alpha value is 0.0249. The Kier molecular flexibility index (Phi) is 3.44. The fraction of sp³-hybridized carbons (Fsp3) is 1.00. The lowest BCUT2D eigenvalue weighted by atomic mass is 9.72. The maximum absolute atomic E-state index is 5.89. The molecule has 1 saturated carbocycles. The molecule has 0 aromatic rings. The molecular formula is C9H18BN. The molecule has 0 bridgehead atoms. The summed E-state index contributed by atoms with van der Waals surface area (Å²) in [6.07, 6.45) is 9.82. The molecule has 1 rings (SSSR count). The lowest BCUT2D eigenvalue weighted by Crippen LogP contribution is -2.39. The highest BCUT2D eigenvalue weighted by Crippen LogP contribution is 2.20. The Morgan fingerprint density at radius 2 is 1.18 bits per heavy atom. The van der Waals surface area contributed by atoms with E-state index in [1.807, 2.05) is 0 Å². The predicted octanol–water partition coefficient (Wildman–Crippen LogP) is 1.94. The van der Waals surface area contributed by atoms with Crippen LogP contribution in [0.15, 0.2) is 0 Å². The van der Waals surface area contributed by atoms with Gasteiger partial charge in [0.15, 0.2) is 0 Å². The minimum Gasteiger partial charge on any atom is -0.333 e. The van der Waals surface area contributed by atoms with Crippen molar-refractivity contribution in [2.24, 2.45) is 5.73 Å². The van der Waals surface area contributed by atoms with E-state index in [0.29, 0.717) is 0 Å². The summed E-state index contributed by atoms with van der Waals surface area (Å²) in [5.41, 5.74) is 5.54. The zero-order valence-electron chi connectivity index (χ0n) is 7.31. The van der Waals surface area contributed by atoms with E-state index < -0.39 is 0 Å². The standard InChI is InChI=1S/C9H18BN/c10-9(11)7-5-3-1-2-4-6-8-9/h1-8,11H2. The van der Waals surface area contributed by atoms with Gasteiger partial charge in [-0.1, -0.05) is 38.5 Å². The van der Waals surface area contributed by atoms with Crippen LogP contribution in [0.5, 0.6) is 0 Å². The van der Waals surface area contributed by atoms with Crippen LogP contribution in [0.3, 0.4) is 0 Å². The molecule has 2 heteroatoms. The molecule has 1 nitrogen and oxygen atoms in total. The first-order chi connectivity index (χ1) is 5.21. The molecule has 1 aliphatic rings. The highest BCUT2D eigenvalue weighted by atomic mass is 14.7. The van der Waals surface area contributed by atoms with Gasteiger partial charge in [-0.05, 0) is 18.3 Å². The fourth-order valence-corrected chi connectivity index (χ4v) is 1.74. The molecule has 11 heavy (non-hydrogen) atoms. The third-order valence-corrected chi connectivity index (χ3v) is 2.53. The van der Waals surface area contributed by atoms with E-state index in [1.165, 1.54) is 38.5 Å². The van der Waals surface area contributed by atoms with Gasteiger partial charge < -0.3 is 5.73 Å². The number of rotatable bonds is 0. The van der Waals surface area contributed by atoms with E-state index in [-0.39, 0.29) is 5.44 Å². The Labute approximate surface area is 71.1 Å². The van der Waals surface area contributed by atoms with Crippen molar-refractivity contribution in [3.05, 3.63) is 0 Å². The van der Waals surface area contributed by atoms with Crippen LogP contribution >= 0.6 is 0 Å². The molecule has 2 N–H and O–H groups in total. The monoisotopic (exact) mass is 151 g/mol. The Morgan fingerprint density at radius 3 is 1.64 bits per heavy atom. The lowest BCUT2D eigenvalue weighted by molar-refractivity contribution is 0.478. The van der Waals surface area contributed by atoms with Crippen molar-refractivity contribution >= 4 is 7.85 Å². The molecule has 1 aliphatic carbocycles. The zero-order valence-corrected chi connectivity index (χ0v) is 7.31. The summed E-state index contributed by atoms with van der Waals surface area (Å²) in [6, 6.07) is 0. The van der Waals surface area contributed by atoms with Crippen LogP contribution in [0.4, 0.5) is 0 Å². The fourth-order valence-electron chi connectivity index (χ4n) is 1.74. The number of hydrogen-bond acceptors (Lipinski definition) is 1. The molecule has 0 heterocycles. The number of nitrogens with two attached hydrogens (primary N) is 1. The third kappa shape index (κ3) is 3.81. The maximum atomic E-state index is 5.89. The molecule has 0 aromatic heterocycles. The lowest BCUT2D eigenvalue weighted by Gasteiger charge is -2.24. The maximum Gasteiger partial charge on any atom is 0.0950 e. The van der Waals surface area contributed by atoms with Crippen molar-refractivity contribution in [1.82, 2.24) is 0 Å². The summed E-state index contributed by atoms with van der Waals surface area (Å²) < 4.78 is 0. The molecule has 62 valence electrons. The van der Waals surface area contributed by atoms with Crippen LogP contribution in [0.2, 0.25) is 0 Å². The molecule has 0 saturated heterocycles. The highest BCUT2D eigenvalue weighted by Gasteiger charge is 2.17. The topological polar surface area (TPSA) is 26.0 Å². The summed E-state index contributed by atoms with van der Waals surface area (Å²) in [4.78, 5) is 0. The van der Waals surface area contributed by atoms with Gasteiger partial charge in [-0.2, -0.15) is 0 Å². The van der Waals surface area contributed by atoms with Crippen molar-refractivity contribution in [3.8, 4) is 0 Å². The highest BCUT2D eigenvalue weighted by molar-refractivity contribution is 6.15. The SMILES string of the molecule is [B]C1(N)CCCCCCCC1. The Bertz CT molecular complexity index is 100. The largest absolute Gasteiger partial charge is 0.333 e. The van der Waals surface area contributed by atoms with E-state index in [9.17, 15) is 0 Å². The van der Waals surface area contributed by atoms with Gasteiger partial charge in [0.25, 0.3) is 0 Å². The second-order valence-electron chi connectivity index (χ2n) is 3.85. The van der Waals surface area contributed by atoms with E-state index in [1.54, 1.807) is 0 Å². The second-order valence-corrected chi connectivity index (χ2v) is 3.85. The molecule has 0 aromatic carbocycles. The van der Waals surface area contributed by atoms with Crippen molar-refractivity contribution < 1.29 is 0 Å². The van der Waals surface area contributed by atoms with Crippen LogP contribution in [0, 0.1) is 0 Å². The molecule has 0 unspecified atom stereocenters. The third-order valence-electron chi connectivity index (χ3n) is 2.53. The zero-order chi connectivity index (χ0) is 8.16. The van der Waals surface area contributed by atoms with Gasteiger partial charge in [-0.15, -0.1) is 0 Å². The first-order valence-electron chi connectivity index (χ1n) is 4.78. The average Bonchev–Trinajstić information content (AvgIpc) is 2.00. The van der Waals surface area contributed by atoms with Crippen LogP contribution in [0.25, 0.3) is 0 Å². The summed E-state index contributed by atoms with van der Waals surface area (Å²) in [5.74, 6) is 0. The summed E-state index contributed by atoms with van der Waals surface area (Å²) >= 11 is 0. The molecule has 0 amide bonds. The Balaban J connectivity index is 2.31. The van der Waals surface area contributed by atoms with Crippen molar-refractivity contribution in [2.45, 2.75) is 56.8 Å². The smallest absolute Gasteiger partial charge is 0.0950 e. The van der Waals surface area contributed by atoms with E-state index in [2.05, 4.69) is 0 Å². The van der Waals surface area contributed by atoms with Crippen molar-refractivity contribution in [1.29, 1.82) is 0 Å². The predicted molar refractivity (Wildman–Crippen MR) is 49.6 cm³/mol. The van der Waals surface area contributed by atoms with Gasteiger partial charge in [0, 0.05) is 0 Å². The molecule has 0 aliphatic heterocycles. The molecule has 2 radical (unpaired) electrons. The van der Waals surface area contributed by atoms with E-state index in [4.69, 9.17) is 13.6 Å². The molecular weight excluding hydrogens is 133 g/mol. The normalized spacial score (nSPS) is 26.6. The van der Waals surface area contributed by atoms with Crippen LogP contribution in [-0.4, -0.2) is 13.3 Å². The molecule has 1 fully saturated rings. The Morgan fingerprint density at radius 1 is 0.818 bits per heavy atom. The van der Waals surface area contributed by atoms with Crippen molar-refractivity contribution in [2.75, 3.05) is 0 Å². The summed E-state index contributed by atoms with van der Waals surface area (Å²) in [5, 5.41) is 0. The van der Waals surface area contributed by atoms with Gasteiger partial charge in [0.05, 0.1) is 7.85 Å². The quantitative estimate of drug-likeness (QED) is 0.526. The molecule has 0 spiro atoms. The van der Waals surface area contributed by atoms with Crippen molar-refractivity contribution in [3.63, 3.8) is 0 Å². The van der Waals surface area contributed by atoms with Crippen LogP contribution in [0.1, 0.15) is 51.4 Å². The van der Waals surface area contributed by atoms with Gasteiger partial charge >= 0.3 is 0 Å². The van der Waals surface area contributed by atoms with E-state index >= 15 is 0 Å². The van der Waals surface area contributed by atoms with Crippen LogP contribution in [-0.2, 0) is 0 Å². The first-order valence-corrected chi connectivity index (χ1v) is 4.78. The minimum absolute atomic E-state index is 0.357. The van der Waals surface area contributed by atoms with Gasteiger partial charge in [-0.25, -0.2) is 0 Å². The van der Waals surface area contributed by atoms with Gasteiger partial charge in [-0.3, -0.25) is 0 Å². The minimum atomic E-state index is -0.357. The molecule has 0 atom stereocenters. The van der Waals surface area contributed by atoms with Crippen LogP contribution < -0.4 is 5.73 Å². The first kappa shape index (κ1) is 9.12. The van der Waals surface area contributed by atoms with Gasteiger partial charge in [0.2, 0.25) is 0 Å². The second kappa shape index (κ2) is 4.15. The number of hydrogen-bond donors (Lipinski definition) is 1. The summed E-state index contributed by atoms with van der Waals surface area (Å²) in [7, 11) is 5.89. The average molecular weight is 151 g/mol.